The summed E-state index contributed by atoms with van der Waals surface area (Å²) in [6, 6.07) is -8.69. The Balaban J connectivity index is 1.27. The number of likely N-dealkylation sites (tertiary alicyclic amines) is 1. The van der Waals surface area contributed by atoms with E-state index in [0.717, 1.165) is 72.5 Å². The highest BCUT2D eigenvalue weighted by Gasteiger charge is 2.52. The number of hydrogen-bond donors (Lipinski definition) is 3. The van der Waals surface area contributed by atoms with Crippen LogP contribution in [0.25, 0.3) is 0 Å². The third kappa shape index (κ3) is 21.0. The van der Waals surface area contributed by atoms with Gasteiger partial charge in [-0.05, 0) is 120 Å². The zero-order valence-electron chi connectivity index (χ0n) is 61.6. The van der Waals surface area contributed by atoms with Crippen LogP contribution in [-0.2, 0) is 62.3 Å². The van der Waals surface area contributed by atoms with Crippen molar-refractivity contribution in [3.05, 3.63) is 0 Å². The van der Waals surface area contributed by atoms with E-state index in [9.17, 15) is 41.9 Å². The molecule has 3 N–H and O–H groups in total. The highest BCUT2D eigenvalue weighted by Crippen LogP contribution is 2.44. The second-order valence-electron chi connectivity index (χ2n) is 30.4. The summed E-state index contributed by atoms with van der Waals surface area (Å²) in [5, 5.41) is 7.59. The van der Waals surface area contributed by atoms with Gasteiger partial charge in [0.25, 0.3) is 0 Å². The second-order valence-corrected chi connectivity index (χ2v) is 31.0. The quantitative estimate of drug-likeness (QED) is 0.205. The van der Waals surface area contributed by atoms with Gasteiger partial charge in [0.2, 0.25) is 70.9 Å². The smallest absolute Gasteiger partial charge is 0.385 e. The highest BCUT2D eigenvalue weighted by molar-refractivity contribution is 6.21. The number of rotatable bonds is 12. The van der Waals surface area contributed by atoms with Gasteiger partial charge in [-0.15, -0.1) is 11.6 Å². The van der Waals surface area contributed by atoms with E-state index in [0.29, 0.717) is 64.5 Å². The van der Waals surface area contributed by atoms with Crippen LogP contribution in [0.5, 0.6) is 0 Å². The van der Waals surface area contributed by atoms with Crippen molar-refractivity contribution in [3.63, 3.8) is 0 Å². The summed E-state index contributed by atoms with van der Waals surface area (Å²) >= 11 is 6.41. The van der Waals surface area contributed by atoms with E-state index in [-0.39, 0.29) is 89.2 Å². The Morgan fingerprint density at radius 1 is 0.594 bits per heavy atom. The lowest BCUT2D eigenvalue weighted by Crippen LogP contribution is -2.65. The van der Waals surface area contributed by atoms with E-state index < -0.39 is 174 Å². The number of piperidine rings is 1. The Kier molecular flexibility index (Phi) is 30.4. The van der Waals surface area contributed by atoms with Gasteiger partial charge in [-0.1, -0.05) is 84.5 Å². The van der Waals surface area contributed by atoms with E-state index in [1.54, 1.807) is 11.8 Å². The minimum absolute atomic E-state index is 0.000262. The van der Waals surface area contributed by atoms with Crippen molar-refractivity contribution in [2.24, 2.45) is 29.6 Å². The van der Waals surface area contributed by atoms with Gasteiger partial charge in [0.05, 0.1) is 32.0 Å². The number of halogens is 4. The lowest BCUT2D eigenvalue weighted by Gasteiger charge is -2.43. The second kappa shape index (κ2) is 37.4. The molecule has 1 spiro atoms. The Morgan fingerprint density at radius 2 is 1.20 bits per heavy atom. The number of amides is 12. The number of likely N-dealkylation sites (N-methyl/N-ethyl adjacent to an activating group) is 7. The number of carbonyl (C=O) groups excluding carboxylic acids is 12. The third-order valence-electron chi connectivity index (χ3n) is 23.4. The molecule has 25 nitrogen and oxygen atoms in total. The molecule has 3 heterocycles. The van der Waals surface area contributed by atoms with Gasteiger partial charge in [-0.25, -0.2) is 0 Å². The Morgan fingerprint density at radius 3 is 1.81 bits per heavy atom. The molecular formula is C72H116ClF3N12O13. The van der Waals surface area contributed by atoms with Crippen LogP contribution < -0.4 is 16.0 Å². The monoisotopic (exact) mass is 1450 g/mol. The molecule has 0 bridgehead atoms. The third-order valence-corrected chi connectivity index (χ3v) is 23.8. The molecule has 12 amide bonds. The molecule has 101 heavy (non-hydrogen) atoms. The molecule has 7 aliphatic rings. The number of hydrogen-bond acceptors (Lipinski definition) is 13. The average Bonchev–Trinajstić information content (AvgIpc) is 1.74. The standard InChI is InChI=1S/C72H116ClF3N12O13/c1-11-46(2)61-68(98)82(5)44-59(91)80(3)45-60(92)84(7)55(41-47-24-15-12-16-25-47)66(96)81(4)43-57(89)77-52(32-30-48-29-31-50(51(73)40-48)72(74,75)76)65(95)88-38-23-28-54(88)64(94)79-71(34-19-20-35-71)70(100)86(9)62(49-26-17-13-18-27-49)69(99)85(8)56(67(97)87-36-21-14-22-37-87)42-58(90)83(6)53(33-39-101-10)63(93)78-61/h46-56,61-62H,11-45H2,1-10H3,(H,77,89)(H,78,93)(H,79,94)/t46-,48?,50?,51?,52-,53-,54-,55-,56-,61-,62-/m0/s1. The van der Waals surface area contributed by atoms with Crippen LogP contribution in [0.2, 0.25) is 0 Å². The number of alkyl halides is 4. The summed E-state index contributed by atoms with van der Waals surface area (Å²) < 4.78 is 47.5. The maximum atomic E-state index is 15.8. The van der Waals surface area contributed by atoms with E-state index in [1.165, 1.54) is 80.9 Å². The summed E-state index contributed by atoms with van der Waals surface area (Å²) in [4.78, 5) is 191. The summed E-state index contributed by atoms with van der Waals surface area (Å²) in [5.41, 5.74) is -1.56. The fraction of sp³-hybridized carbons (Fsp3) is 0.833. The number of fused-ring (bicyclic) bond motifs is 1. The van der Waals surface area contributed by atoms with Crippen molar-refractivity contribution in [1.29, 1.82) is 0 Å². The molecule has 29 heteroatoms. The Labute approximate surface area is 600 Å². The van der Waals surface area contributed by atoms with Gasteiger partial charge in [-0.2, -0.15) is 13.2 Å². The van der Waals surface area contributed by atoms with E-state index in [4.69, 9.17) is 16.3 Å². The number of nitrogens with one attached hydrogen (secondary N) is 3. The number of methoxy groups -OCH3 is 1. The summed E-state index contributed by atoms with van der Waals surface area (Å²) in [6.07, 6.45) is 7.59. The first-order valence-corrected chi connectivity index (χ1v) is 37.8. The molecule has 4 saturated carbocycles. The predicted octanol–water partition coefficient (Wildman–Crippen LogP) is 5.47. The molecule has 4 aliphatic carbocycles. The molecule has 3 unspecified atom stereocenters. The molecule has 11 atom stereocenters. The molecule has 3 aliphatic heterocycles. The van der Waals surface area contributed by atoms with Gasteiger partial charge in [-0.3, -0.25) is 57.5 Å². The largest absolute Gasteiger partial charge is 0.393 e. The van der Waals surface area contributed by atoms with E-state index in [1.807, 2.05) is 6.92 Å². The normalized spacial score (nSPS) is 29.9. The minimum Gasteiger partial charge on any atom is -0.385 e. The van der Waals surface area contributed by atoms with Crippen LogP contribution in [0.1, 0.15) is 194 Å². The van der Waals surface area contributed by atoms with Gasteiger partial charge in [0, 0.05) is 94.5 Å². The summed E-state index contributed by atoms with van der Waals surface area (Å²) in [6.45, 7) is 2.73. The maximum Gasteiger partial charge on any atom is 0.393 e. The van der Waals surface area contributed by atoms with E-state index in [2.05, 4.69) is 16.0 Å². The van der Waals surface area contributed by atoms with Crippen LogP contribution in [-0.4, -0.2) is 277 Å². The fourth-order valence-electron chi connectivity index (χ4n) is 16.7. The van der Waals surface area contributed by atoms with Crippen molar-refractivity contribution in [2.75, 3.05) is 102 Å². The van der Waals surface area contributed by atoms with Gasteiger partial charge in [0.15, 0.2) is 0 Å². The molecule has 7 fully saturated rings. The lowest BCUT2D eigenvalue weighted by atomic mass is 9.78. The Bertz CT molecular complexity index is 2910. The predicted molar refractivity (Wildman–Crippen MR) is 372 cm³/mol. The first-order chi connectivity index (χ1) is 47.8. The fourth-order valence-corrected chi connectivity index (χ4v) is 17.2. The van der Waals surface area contributed by atoms with Gasteiger partial charge >= 0.3 is 6.18 Å². The lowest BCUT2D eigenvalue weighted by molar-refractivity contribution is -0.182. The summed E-state index contributed by atoms with van der Waals surface area (Å²) in [7, 11) is 11.4. The SMILES string of the molecule is CC[C@H](C)[C@@H]1NC(=O)[C@H](CCOC)N(C)C(=O)C[C@@H](C(=O)N2CCCCC2)N(C)C(=O)[C@H](C2CCCCC2)N(C)C(=O)C2(CCCC2)NC(=O)[C@@H]2CCCN2C(=O)[C@H](CCC2CCC(C(F)(F)F)C(Cl)C2)NC(=O)CN(C)C(=O)[C@H](CC2CCCCC2)N(C)C(=O)CN(C)C(=O)CN(C)C1=O. The van der Waals surface area contributed by atoms with Crippen molar-refractivity contribution in [1.82, 2.24) is 60.0 Å². The molecule has 0 radical (unpaired) electrons. The topological polar surface area (TPSA) is 279 Å². The van der Waals surface area contributed by atoms with Gasteiger partial charge < -0.3 is 64.8 Å². The van der Waals surface area contributed by atoms with E-state index >= 15 is 28.8 Å². The molecule has 570 valence electrons. The molecule has 0 aromatic heterocycles. The Hall–Kier alpha value is -6.32. The van der Waals surface area contributed by atoms with Crippen molar-refractivity contribution in [2.45, 2.75) is 253 Å². The first kappa shape index (κ1) is 82.0. The number of nitrogens with zero attached hydrogens (tertiary/aromatic N) is 9. The van der Waals surface area contributed by atoms with Crippen molar-refractivity contribution in [3.8, 4) is 0 Å². The molecule has 0 aromatic carbocycles. The highest BCUT2D eigenvalue weighted by atomic mass is 35.5. The van der Waals surface area contributed by atoms with Gasteiger partial charge in [0.1, 0.15) is 47.8 Å². The molecule has 7 rings (SSSR count). The molecular weight excluding hydrogens is 1330 g/mol. The van der Waals surface area contributed by atoms with Crippen LogP contribution in [0.4, 0.5) is 13.2 Å². The molecule has 0 aromatic rings. The van der Waals surface area contributed by atoms with Crippen LogP contribution in [0.3, 0.4) is 0 Å². The molecule has 3 saturated heterocycles. The first-order valence-electron chi connectivity index (χ1n) is 37.3. The number of ether oxygens (including phenoxy) is 1. The van der Waals surface area contributed by atoms with Crippen molar-refractivity contribution < 1.29 is 75.4 Å². The average molecular weight is 1450 g/mol. The summed E-state index contributed by atoms with van der Waals surface area (Å²) in [5.74, 6) is -10.6. The van der Waals surface area contributed by atoms with Crippen LogP contribution in [0.15, 0.2) is 0 Å². The zero-order chi connectivity index (χ0) is 74.2. The van der Waals surface area contributed by atoms with Crippen molar-refractivity contribution >= 4 is 82.5 Å². The maximum absolute atomic E-state index is 15.8. The van der Waals surface area contributed by atoms with Crippen LogP contribution in [0, 0.1) is 29.6 Å². The number of carbonyl (C=O) groups is 12. The van der Waals surface area contributed by atoms with Crippen LogP contribution >= 0.6 is 11.6 Å². The zero-order valence-corrected chi connectivity index (χ0v) is 62.4. The minimum atomic E-state index is -4.51.